The third kappa shape index (κ3) is 5.45. The smallest absolute Gasteiger partial charge is 0.242 e. The van der Waals surface area contributed by atoms with Crippen molar-refractivity contribution < 1.29 is 13.2 Å². The third-order valence-electron chi connectivity index (χ3n) is 4.61. The maximum atomic E-state index is 12.1. The van der Waals surface area contributed by atoms with E-state index in [9.17, 15) is 8.42 Å². The van der Waals surface area contributed by atoms with Crippen LogP contribution in [0.4, 0.5) is 0 Å². The molecule has 0 amide bonds. The number of rotatable bonds is 9. The summed E-state index contributed by atoms with van der Waals surface area (Å²) in [5.41, 5.74) is 1.24. The molecule has 0 spiro atoms. The van der Waals surface area contributed by atoms with Crippen LogP contribution in [0.1, 0.15) is 18.4 Å². The Bertz CT molecular complexity index is 848. The predicted octanol–water partition coefficient (Wildman–Crippen LogP) is 3.63. The lowest BCUT2D eigenvalue weighted by molar-refractivity contribution is 0.195. The van der Waals surface area contributed by atoms with Crippen LogP contribution < -0.4 is 4.74 Å². The average molecular weight is 409 g/mol. The van der Waals surface area contributed by atoms with Crippen molar-refractivity contribution in [2.24, 2.45) is 0 Å². The van der Waals surface area contributed by atoms with E-state index in [-0.39, 0.29) is 4.90 Å². The molecule has 1 aliphatic rings. The molecule has 7 heteroatoms. The van der Waals surface area contributed by atoms with Crippen LogP contribution in [0.25, 0.3) is 0 Å². The van der Waals surface area contributed by atoms with Gasteiger partial charge in [0, 0.05) is 38.2 Å². The van der Waals surface area contributed by atoms with E-state index in [4.69, 9.17) is 16.3 Å². The van der Waals surface area contributed by atoms with Crippen LogP contribution >= 0.6 is 11.6 Å². The molecule has 0 aliphatic heterocycles. The Morgan fingerprint density at radius 3 is 2.22 bits per heavy atom. The van der Waals surface area contributed by atoms with Gasteiger partial charge in [0.2, 0.25) is 10.0 Å². The van der Waals surface area contributed by atoms with E-state index < -0.39 is 10.0 Å². The summed E-state index contributed by atoms with van der Waals surface area (Å²) in [5, 5.41) is 0.750. The van der Waals surface area contributed by atoms with Crippen molar-refractivity contribution in [1.82, 2.24) is 9.21 Å². The molecule has 146 valence electrons. The molecule has 1 saturated carbocycles. The first kappa shape index (κ1) is 20.1. The van der Waals surface area contributed by atoms with Crippen molar-refractivity contribution in [2.75, 3.05) is 27.2 Å². The van der Waals surface area contributed by atoms with Gasteiger partial charge in [0.05, 0.1) is 4.90 Å². The van der Waals surface area contributed by atoms with Crippen LogP contribution in [0.15, 0.2) is 53.4 Å². The molecule has 0 heterocycles. The lowest BCUT2D eigenvalue weighted by Crippen LogP contribution is -2.30. The number of hydrogen-bond donors (Lipinski definition) is 0. The van der Waals surface area contributed by atoms with E-state index in [1.165, 1.54) is 36.8 Å². The van der Waals surface area contributed by atoms with E-state index in [0.29, 0.717) is 18.4 Å². The van der Waals surface area contributed by atoms with Gasteiger partial charge >= 0.3 is 0 Å². The molecule has 1 aliphatic carbocycles. The second kappa shape index (κ2) is 8.61. The van der Waals surface area contributed by atoms with Gasteiger partial charge in [-0.1, -0.05) is 23.7 Å². The fraction of sp³-hybridized carbons (Fsp3) is 0.400. The van der Waals surface area contributed by atoms with Gasteiger partial charge in [0.15, 0.2) is 0 Å². The molecule has 0 unspecified atom stereocenters. The number of benzene rings is 2. The van der Waals surface area contributed by atoms with Crippen molar-refractivity contribution in [3.05, 3.63) is 59.1 Å². The molecule has 2 aromatic rings. The summed E-state index contributed by atoms with van der Waals surface area (Å²) in [6.45, 7) is 2.26. The minimum absolute atomic E-state index is 0.266. The average Bonchev–Trinajstić information content (AvgIpc) is 3.48. The largest absolute Gasteiger partial charge is 0.492 e. The van der Waals surface area contributed by atoms with Crippen molar-refractivity contribution in [3.8, 4) is 5.75 Å². The van der Waals surface area contributed by atoms with Gasteiger partial charge in [-0.15, -0.1) is 0 Å². The topological polar surface area (TPSA) is 49.9 Å². The van der Waals surface area contributed by atoms with Gasteiger partial charge in [-0.25, -0.2) is 12.7 Å². The Hall–Kier alpha value is -1.60. The number of hydrogen-bond acceptors (Lipinski definition) is 4. The first-order valence-corrected chi connectivity index (χ1v) is 10.8. The summed E-state index contributed by atoms with van der Waals surface area (Å²) in [7, 11) is -0.367. The second-order valence-electron chi connectivity index (χ2n) is 6.94. The van der Waals surface area contributed by atoms with Crippen LogP contribution in [-0.4, -0.2) is 50.9 Å². The summed E-state index contributed by atoms with van der Waals surface area (Å²) in [6, 6.07) is 15.1. The molecule has 0 saturated heterocycles. The summed E-state index contributed by atoms with van der Waals surface area (Å²) < 4.78 is 31.2. The van der Waals surface area contributed by atoms with Crippen molar-refractivity contribution in [2.45, 2.75) is 30.3 Å². The molecule has 3 rings (SSSR count). The van der Waals surface area contributed by atoms with Gasteiger partial charge in [0.1, 0.15) is 12.4 Å². The highest BCUT2D eigenvalue weighted by Gasteiger charge is 2.28. The number of sulfonamides is 1. The van der Waals surface area contributed by atoms with Gasteiger partial charge in [-0.2, -0.15) is 0 Å². The van der Waals surface area contributed by atoms with Crippen LogP contribution in [-0.2, 0) is 16.6 Å². The highest BCUT2D eigenvalue weighted by atomic mass is 35.5. The molecular weight excluding hydrogens is 384 g/mol. The van der Waals surface area contributed by atoms with Gasteiger partial charge in [-0.3, -0.25) is 4.90 Å². The summed E-state index contributed by atoms with van der Waals surface area (Å²) >= 11 is 5.96. The molecule has 0 N–H and O–H groups in total. The minimum Gasteiger partial charge on any atom is -0.492 e. The Balaban J connectivity index is 1.54. The molecule has 1 fully saturated rings. The Morgan fingerprint density at radius 2 is 1.67 bits per heavy atom. The molecule has 0 bridgehead atoms. The standard InChI is InChI=1S/C20H25ClN2O3S/c1-22(2)27(24,25)20-11-9-19(10-12-20)26-14-13-23(18-7-8-18)15-16-3-5-17(21)6-4-16/h3-6,9-12,18H,7-8,13-15H2,1-2H3. The van der Waals surface area contributed by atoms with E-state index in [0.717, 1.165) is 18.1 Å². The quantitative estimate of drug-likeness (QED) is 0.635. The maximum absolute atomic E-state index is 12.1. The number of ether oxygens (including phenoxy) is 1. The van der Waals surface area contributed by atoms with E-state index in [1.54, 1.807) is 24.3 Å². The SMILES string of the molecule is CN(C)S(=O)(=O)c1ccc(OCCN(Cc2ccc(Cl)cc2)C2CC2)cc1. The second-order valence-corrected chi connectivity index (χ2v) is 9.52. The van der Waals surface area contributed by atoms with E-state index in [1.807, 2.05) is 12.1 Å². The van der Waals surface area contributed by atoms with Crippen LogP contribution in [0.3, 0.4) is 0 Å². The maximum Gasteiger partial charge on any atom is 0.242 e. The minimum atomic E-state index is -3.41. The highest BCUT2D eigenvalue weighted by Crippen LogP contribution is 2.28. The zero-order valence-electron chi connectivity index (χ0n) is 15.6. The summed E-state index contributed by atoms with van der Waals surface area (Å²) in [5.74, 6) is 0.676. The first-order valence-electron chi connectivity index (χ1n) is 9.00. The lowest BCUT2D eigenvalue weighted by Gasteiger charge is -2.22. The van der Waals surface area contributed by atoms with Crippen LogP contribution in [0.5, 0.6) is 5.75 Å². The molecule has 0 aromatic heterocycles. The zero-order valence-corrected chi connectivity index (χ0v) is 17.2. The van der Waals surface area contributed by atoms with Gasteiger partial charge in [-0.05, 0) is 54.8 Å². The molecule has 0 radical (unpaired) electrons. The molecule has 0 atom stereocenters. The molecular formula is C20H25ClN2O3S. The lowest BCUT2D eigenvalue weighted by atomic mass is 10.2. The number of halogens is 1. The van der Waals surface area contributed by atoms with Crippen molar-refractivity contribution in [1.29, 1.82) is 0 Å². The van der Waals surface area contributed by atoms with Crippen LogP contribution in [0, 0.1) is 0 Å². The zero-order chi connectivity index (χ0) is 19.4. The summed E-state index contributed by atoms with van der Waals surface area (Å²) in [4.78, 5) is 2.69. The highest BCUT2D eigenvalue weighted by molar-refractivity contribution is 7.89. The molecule has 2 aromatic carbocycles. The summed E-state index contributed by atoms with van der Waals surface area (Å²) in [6.07, 6.45) is 2.45. The molecule has 27 heavy (non-hydrogen) atoms. The van der Waals surface area contributed by atoms with Crippen molar-refractivity contribution >= 4 is 21.6 Å². The van der Waals surface area contributed by atoms with Gasteiger partial charge < -0.3 is 4.74 Å². The van der Waals surface area contributed by atoms with E-state index in [2.05, 4.69) is 17.0 Å². The Kier molecular flexibility index (Phi) is 6.42. The Morgan fingerprint density at radius 1 is 1.04 bits per heavy atom. The van der Waals surface area contributed by atoms with Gasteiger partial charge in [0.25, 0.3) is 0 Å². The first-order chi connectivity index (χ1) is 12.9. The van der Waals surface area contributed by atoms with Crippen molar-refractivity contribution in [3.63, 3.8) is 0 Å². The fourth-order valence-corrected chi connectivity index (χ4v) is 3.88. The monoisotopic (exact) mass is 408 g/mol. The normalized spacial score (nSPS) is 14.7. The molecule has 5 nitrogen and oxygen atoms in total. The fourth-order valence-electron chi connectivity index (χ4n) is 2.85. The Labute approximate surface area is 166 Å². The van der Waals surface area contributed by atoms with Crippen LogP contribution in [0.2, 0.25) is 5.02 Å². The number of nitrogens with zero attached hydrogens (tertiary/aromatic N) is 2. The predicted molar refractivity (Wildman–Crippen MR) is 108 cm³/mol. The van der Waals surface area contributed by atoms with E-state index >= 15 is 0 Å². The third-order valence-corrected chi connectivity index (χ3v) is 6.69.